The predicted octanol–water partition coefficient (Wildman–Crippen LogP) is 1.62. The lowest BCUT2D eigenvalue weighted by atomic mass is 10.2. The van der Waals surface area contributed by atoms with E-state index in [1.54, 1.807) is 14.2 Å². The fraction of sp³-hybridized carbons (Fsp3) is 0.583. The van der Waals surface area contributed by atoms with Crippen molar-refractivity contribution in [2.75, 3.05) is 45.4 Å². The SMILES string of the molecule is COCCN(CCOC)c1ccc(C(F)(F)F)c[nH+]1. The van der Waals surface area contributed by atoms with Gasteiger partial charge < -0.3 is 9.47 Å². The number of H-pyrrole nitrogens is 1. The largest absolute Gasteiger partial charge is 0.419 e. The number of alkyl halides is 3. The maximum absolute atomic E-state index is 12.5. The molecule has 108 valence electrons. The number of nitrogens with zero attached hydrogens (tertiary/aromatic N) is 1. The molecule has 0 aromatic carbocycles. The predicted molar refractivity (Wildman–Crippen MR) is 64.0 cm³/mol. The summed E-state index contributed by atoms with van der Waals surface area (Å²) in [4.78, 5) is 4.52. The molecule has 7 heteroatoms. The molecule has 0 saturated carbocycles. The average Bonchev–Trinajstić information content (AvgIpc) is 2.38. The number of aromatic amines is 1. The van der Waals surface area contributed by atoms with Crippen molar-refractivity contribution >= 4 is 5.82 Å². The third-order valence-electron chi connectivity index (χ3n) is 2.59. The van der Waals surface area contributed by atoms with Crippen LogP contribution in [-0.2, 0) is 15.7 Å². The Labute approximate surface area is 110 Å². The maximum atomic E-state index is 12.5. The van der Waals surface area contributed by atoms with Crippen molar-refractivity contribution in [3.05, 3.63) is 23.9 Å². The highest BCUT2D eigenvalue weighted by atomic mass is 19.4. The van der Waals surface area contributed by atoms with Gasteiger partial charge in [0.15, 0.2) is 0 Å². The van der Waals surface area contributed by atoms with Gasteiger partial charge in [0.25, 0.3) is 5.82 Å². The number of nitrogens with one attached hydrogen (secondary N) is 1. The fourth-order valence-electron chi connectivity index (χ4n) is 1.55. The molecule has 0 fully saturated rings. The van der Waals surface area contributed by atoms with Gasteiger partial charge in [-0.15, -0.1) is 0 Å². The molecule has 4 nitrogen and oxygen atoms in total. The van der Waals surface area contributed by atoms with Gasteiger partial charge in [-0.2, -0.15) is 13.2 Å². The number of aromatic nitrogens is 1. The van der Waals surface area contributed by atoms with Crippen LogP contribution in [0.2, 0.25) is 0 Å². The van der Waals surface area contributed by atoms with Crippen molar-refractivity contribution in [2.45, 2.75) is 6.18 Å². The number of rotatable bonds is 7. The highest BCUT2D eigenvalue weighted by Gasteiger charge is 2.32. The Balaban J connectivity index is 2.78. The van der Waals surface area contributed by atoms with E-state index in [0.29, 0.717) is 32.1 Å². The van der Waals surface area contributed by atoms with E-state index in [4.69, 9.17) is 9.47 Å². The van der Waals surface area contributed by atoms with Crippen LogP contribution in [0.15, 0.2) is 18.3 Å². The molecule has 0 aliphatic heterocycles. The molecule has 1 N–H and O–H groups in total. The smallest absolute Gasteiger partial charge is 0.381 e. The van der Waals surface area contributed by atoms with Gasteiger partial charge in [0.05, 0.1) is 18.8 Å². The van der Waals surface area contributed by atoms with Gasteiger partial charge in [-0.05, 0) is 6.07 Å². The summed E-state index contributed by atoms with van der Waals surface area (Å²) >= 11 is 0. The third-order valence-corrected chi connectivity index (χ3v) is 2.59. The molecule has 0 amide bonds. The molecule has 19 heavy (non-hydrogen) atoms. The molecule has 0 unspecified atom stereocenters. The zero-order chi connectivity index (χ0) is 14.3. The van der Waals surface area contributed by atoms with Gasteiger partial charge in [0.1, 0.15) is 19.3 Å². The first-order valence-electron chi connectivity index (χ1n) is 5.80. The van der Waals surface area contributed by atoms with E-state index in [0.717, 1.165) is 12.3 Å². The lowest BCUT2D eigenvalue weighted by Crippen LogP contribution is -2.35. The number of pyridine rings is 1. The van der Waals surface area contributed by atoms with E-state index >= 15 is 0 Å². The summed E-state index contributed by atoms with van der Waals surface area (Å²) in [6, 6.07) is 2.46. The number of methoxy groups -OCH3 is 2. The van der Waals surface area contributed by atoms with Crippen LogP contribution in [0.3, 0.4) is 0 Å². The number of anilines is 1. The van der Waals surface area contributed by atoms with Crippen LogP contribution in [0.4, 0.5) is 19.0 Å². The van der Waals surface area contributed by atoms with Crippen molar-refractivity contribution in [1.29, 1.82) is 0 Å². The van der Waals surface area contributed by atoms with E-state index in [1.165, 1.54) is 6.07 Å². The Morgan fingerprint density at radius 2 is 1.68 bits per heavy atom. The van der Waals surface area contributed by atoms with Gasteiger partial charge >= 0.3 is 6.18 Å². The van der Waals surface area contributed by atoms with Crippen LogP contribution < -0.4 is 9.88 Å². The Hall–Kier alpha value is -1.34. The van der Waals surface area contributed by atoms with Crippen LogP contribution in [0.25, 0.3) is 0 Å². The van der Waals surface area contributed by atoms with Crippen molar-refractivity contribution in [3.8, 4) is 0 Å². The number of halogens is 3. The zero-order valence-electron chi connectivity index (χ0n) is 11.0. The van der Waals surface area contributed by atoms with Crippen LogP contribution in [0.1, 0.15) is 5.56 Å². The zero-order valence-corrected chi connectivity index (χ0v) is 11.0. The minimum Gasteiger partial charge on any atom is -0.381 e. The van der Waals surface area contributed by atoms with Gasteiger partial charge in [0.2, 0.25) is 0 Å². The fourth-order valence-corrected chi connectivity index (χ4v) is 1.55. The van der Waals surface area contributed by atoms with Crippen LogP contribution in [-0.4, -0.2) is 40.5 Å². The maximum Gasteiger partial charge on any atom is 0.419 e. The van der Waals surface area contributed by atoms with Crippen molar-refractivity contribution < 1.29 is 27.6 Å². The molecule has 0 aliphatic carbocycles. The first-order valence-corrected chi connectivity index (χ1v) is 5.80. The van der Waals surface area contributed by atoms with Gasteiger partial charge in [-0.3, -0.25) is 4.90 Å². The number of hydrogen-bond acceptors (Lipinski definition) is 3. The molecule has 1 rings (SSSR count). The Bertz CT molecular complexity index is 360. The van der Waals surface area contributed by atoms with E-state index in [-0.39, 0.29) is 0 Å². The topological polar surface area (TPSA) is 35.8 Å². The summed E-state index contributed by atoms with van der Waals surface area (Å²) in [5.41, 5.74) is -0.699. The van der Waals surface area contributed by atoms with Gasteiger partial charge in [0, 0.05) is 20.3 Å². The van der Waals surface area contributed by atoms with E-state index in [9.17, 15) is 13.2 Å². The lowest BCUT2D eigenvalue weighted by Gasteiger charge is -2.16. The monoisotopic (exact) mass is 279 g/mol. The van der Waals surface area contributed by atoms with Crippen molar-refractivity contribution in [1.82, 2.24) is 0 Å². The van der Waals surface area contributed by atoms with Gasteiger partial charge in [-0.1, -0.05) is 0 Å². The second-order valence-corrected chi connectivity index (χ2v) is 3.93. The Morgan fingerprint density at radius 1 is 1.11 bits per heavy atom. The third kappa shape index (κ3) is 5.04. The quantitative estimate of drug-likeness (QED) is 0.761. The molecule has 0 saturated heterocycles. The van der Waals surface area contributed by atoms with Crippen LogP contribution in [0, 0.1) is 0 Å². The van der Waals surface area contributed by atoms with Crippen molar-refractivity contribution in [3.63, 3.8) is 0 Å². The standard InChI is InChI=1S/C12H17F3N2O2/c1-18-7-5-17(6-8-19-2)11-4-3-10(9-16-11)12(13,14)15/h3-4,9H,5-8H2,1-2H3/p+1. The Kier molecular flexibility index (Phi) is 6.04. The molecular formula is C12H18F3N2O2+. The first-order chi connectivity index (χ1) is 8.99. The second-order valence-electron chi connectivity index (χ2n) is 3.93. The lowest BCUT2D eigenvalue weighted by molar-refractivity contribution is -0.367. The van der Waals surface area contributed by atoms with Crippen LogP contribution >= 0.6 is 0 Å². The summed E-state index contributed by atoms with van der Waals surface area (Å²) in [5, 5.41) is 0. The molecular weight excluding hydrogens is 261 g/mol. The highest BCUT2D eigenvalue weighted by Crippen LogP contribution is 2.28. The highest BCUT2D eigenvalue weighted by molar-refractivity contribution is 5.33. The van der Waals surface area contributed by atoms with E-state index in [1.807, 2.05) is 4.90 Å². The number of ether oxygens (including phenoxy) is 2. The minimum atomic E-state index is -4.33. The summed E-state index contributed by atoms with van der Waals surface area (Å²) in [6.07, 6.45) is -3.37. The Morgan fingerprint density at radius 3 is 2.05 bits per heavy atom. The molecule has 0 spiro atoms. The summed E-state index contributed by atoms with van der Waals surface area (Å²) in [7, 11) is 3.15. The first kappa shape index (κ1) is 15.7. The second kappa shape index (κ2) is 7.30. The molecule has 1 heterocycles. The average molecular weight is 279 g/mol. The molecule has 1 aromatic heterocycles. The summed E-state index contributed by atoms with van der Waals surface area (Å²) in [5.74, 6) is 0.599. The van der Waals surface area contributed by atoms with E-state index < -0.39 is 11.7 Å². The molecule has 1 aromatic rings. The summed E-state index contributed by atoms with van der Waals surface area (Å²) < 4.78 is 47.3. The number of hydrogen-bond donors (Lipinski definition) is 0. The molecule has 0 aliphatic rings. The molecule has 0 radical (unpaired) electrons. The van der Waals surface area contributed by atoms with Crippen molar-refractivity contribution in [2.24, 2.45) is 0 Å². The van der Waals surface area contributed by atoms with Gasteiger partial charge in [-0.25, -0.2) is 4.98 Å². The normalized spacial score (nSPS) is 11.6. The molecule has 0 atom stereocenters. The van der Waals surface area contributed by atoms with E-state index in [2.05, 4.69) is 4.98 Å². The minimum absolute atomic E-state index is 0.485. The van der Waals surface area contributed by atoms with Crippen LogP contribution in [0.5, 0.6) is 0 Å². The molecule has 0 bridgehead atoms. The summed E-state index contributed by atoms with van der Waals surface area (Å²) in [6.45, 7) is 2.11.